The molecule has 0 fully saturated rings. The fraction of sp³-hybridized carbons (Fsp3) is 0.600. The largest absolute Gasteiger partial charge is 0.509 e. The molecule has 5 heteroatoms. The van der Waals surface area contributed by atoms with Crippen molar-refractivity contribution >= 4 is 29.2 Å². The van der Waals surface area contributed by atoms with Gasteiger partial charge in [0.05, 0.1) is 13.0 Å². The van der Waals surface area contributed by atoms with Crippen molar-refractivity contribution < 1.29 is 9.30 Å². The van der Waals surface area contributed by atoms with Gasteiger partial charge in [-0.05, 0) is 0 Å². The number of ether oxygens (including phenoxy) is 1. The first kappa shape index (κ1) is 12.4. The van der Waals surface area contributed by atoms with Crippen LogP contribution in [-0.2, 0) is 31.0 Å². The van der Waals surface area contributed by atoms with Crippen LogP contribution in [0.3, 0.4) is 0 Å². The number of nitrogens with zero attached hydrogens (tertiary/aromatic N) is 2. The van der Waals surface area contributed by atoms with Crippen molar-refractivity contribution in [3.05, 3.63) is 18.2 Å². The van der Waals surface area contributed by atoms with Crippen LogP contribution in [0.2, 0.25) is 0 Å². The maximum Gasteiger partial charge on any atom is 0.258 e. The molecule has 0 amide bonds. The normalized spacial score (nSPS) is 10.7. The molecule has 0 aliphatic heterocycles. The molecule has 1 aromatic rings. The summed E-state index contributed by atoms with van der Waals surface area (Å²) in [7, 11) is 2.05. The van der Waals surface area contributed by atoms with Crippen LogP contribution in [0.5, 0.6) is 0 Å². The predicted octanol–water partition coefficient (Wildman–Crippen LogP) is 1.28. The summed E-state index contributed by atoms with van der Waals surface area (Å²) in [6.07, 6.45) is 4.09. The van der Waals surface area contributed by atoms with E-state index in [2.05, 4.69) is 47.8 Å². The lowest BCUT2D eigenvalue weighted by atomic mass is 10.2. The maximum atomic E-state index is 5.11. The van der Waals surface area contributed by atoms with Gasteiger partial charge >= 0.3 is 0 Å². The van der Waals surface area contributed by atoms with Gasteiger partial charge in [-0.2, -0.15) is 0 Å². The molecular formula is C10H16N2OS2. The first-order chi connectivity index (χ1) is 7.02. The lowest BCUT2D eigenvalue weighted by Crippen LogP contribution is -2.33. The highest BCUT2D eigenvalue weighted by atomic mass is 32.1. The molecule has 0 unspecified atom stereocenters. The van der Waals surface area contributed by atoms with Crippen molar-refractivity contribution in [1.82, 2.24) is 4.57 Å². The maximum absolute atomic E-state index is 5.11. The van der Waals surface area contributed by atoms with E-state index in [1.807, 2.05) is 19.4 Å². The van der Waals surface area contributed by atoms with E-state index in [4.69, 9.17) is 4.74 Å². The van der Waals surface area contributed by atoms with Gasteiger partial charge < -0.3 is 29.6 Å². The van der Waals surface area contributed by atoms with Crippen molar-refractivity contribution in [2.75, 3.05) is 6.61 Å². The molecule has 0 saturated carbocycles. The van der Waals surface area contributed by atoms with Gasteiger partial charge in [0.2, 0.25) is 0 Å². The third kappa shape index (κ3) is 3.43. The summed E-state index contributed by atoms with van der Waals surface area (Å²) in [6, 6.07) is 0. The zero-order valence-electron chi connectivity index (χ0n) is 9.27. The molecule has 0 spiro atoms. The average Bonchev–Trinajstić information content (AvgIpc) is 2.46. The molecule has 0 radical (unpaired) electrons. The number of rotatable bonds is 4. The van der Waals surface area contributed by atoms with Gasteiger partial charge in [0.15, 0.2) is 0 Å². The first-order valence-electron chi connectivity index (χ1n) is 4.90. The van der Waals surface area contributed by atoms with Gasteiger partial charge in [-0.25, -0.2) is 9.13 Å². The Morgan fingerprint density at radius 1 is 1.67 bits per heavy atom. The fourth-order valence-corrected chi connectivity index (χ4v) is 1.86. The lowest BCUT2D eigenvalue weighted by Gasteiger charge is -2.09. The zero-order valence-corrected chi connectivity index (χ0v) is 10.9. The van der Waals surface area contributed by atoms with Crippen molar-refractivity contribution in [3.63, 3.8) is 0 Å². The summed E-state index contributed by atoms with van der Waals surface area (Å²) >= 11 is 9.36. The summed E-state index contributed by atoms with van der Waals surface area (Å²) in [5.74, 6) is 1.76. The minimum atomic E-state index is 0.192. The van der Waals surface area contributed by atoms with Crippen LogP contribution in [0.4, 0.5) is 0 Å². The molecule has 0 saturated heterocycles. The third-order valence-electron chi connectivity index (χ3n) is 2.19. The topological polar surface area (TPSA) is 18.0 Å². The van der Waals surface area contributed by atoms with E-state index in [0.29, 0.717) is 12.5 Å². The second-order valence-corrected chi connectivity index (χ2v) is 4.71. The zero-order chi connectivity index (χ0) is 11.4. The van der Waals surface area contributed by atoms with Crippen molar-refractivity contribution in [1.29, 1.82) is 0 Å². The van der Waals surface area contributed by atoms with Crippen LogP contribution >= 0.6 is 12.2 Å². The number of aromatic nitrogens is 2. The molecule has 0 aliphatic carbocycles. The third-order valence-corrected chi connectivity index (χ3v) is 2.43. The Morgan fingerprint density at radius 2 is 2.33 bits per heavy atom. The Kier molecular flexibility index (Phi) is 4.47. The minimum Gasteiger partial charge on any atom is -0.509 e. The Hall–Kier alpha value is -0.680. The Labute approximate surface area is 101 Å². The van der Waals surface area contributed by atoms with Crippen LogP contribution in [0, 0.1) is 0 Å². The Morgan fingerprint density at radius 3 is 2.87 bits per heavy atom. The van der Waals surface area contributed by atoms with Crippen LogP contribution in [0.15, 0.2) is 12.4 Å². The number of thiocarbonyl (C=S) groups is 1. The quantitative estimate of drug-likeness (QED) is 0.451. The van der Waals surface area contributed by atoms with Gasteiger partial charge in [-0.1, -0.05) is 13.8 Å². The average molecular weight is 244 g/mol. The Balaban J connectivity index is 2.64. The molecule has 0 N–H and O–H groups in total. The second kappa shape index (κ2) is 5.42. The summed E-state index contributed by atoms with van der Waals surface area (Å²) < 4.78 is 9.58. The van der Waals surface area contributed by atoms with Crippen LogP contribution < -0.4 is 4.57 Å². The van der Waals surface area contributed by atoms with Crippen molar-refractivity contribution in [2.24, 2.45) is 7.05 Å². The summed E-state index contributed by atoms with van der Waals surface area (Å²) in [5.41, 5.74) is 0. The molecular weight excluding hydrogens is 228 g/mol. The molecule has 3 nitrogen and oxygen atoms in total. The molecule has 15 heavy (non-hydrogen) atoms. The summed E-state index contributed by atoms with van der Waals surface area (Å²) in [6.45, 7) is 5.66. The van der Waals surface area contributed by atoms with Gasteiger partial charge in [0.25, 0.3) is 5.82 Å². The lowest BCUT2D eigenvalue weighted by molar-refractivity contribution is -0.680. The van der Waals surface area contributed by atoms with E-state index in [9.17, 15) is 0 Å². The number of imidazole rings is 1. The highest BCUT2D eigenvalue weighted by Crippen LogP contribution is 2.09. The van der Waals surface area contributed by atoms with Gasteiger partial charge in [0, 0.05) is 4.38 Å². The molecule has 1 rings (SSSR count). The highest BCUT2D eigenvalue weighted by Gasteiger charge is 2.17. The van der Waals surface area contributed by atoms with E-state index < -0.39 is 0 Å². The van der Waals surface area contributed by atoms with E-state index in [1.54, 1.807) is 0 Å². The monoisotopic (exact) mass is 244 g/mol. The highest BCUT2D eigenvalue weighted by molar-refractivity contribution is 7.99. The first-order valence-corrected chi connectivity index (χ1v) is 5.72. The van der Waals surface area contributed by atoms with Crippen molar-refractivity contribution in [3.8, 4) is 0 Å². The fourth-order valence-electron chi connectivity index (χ4n) is 1.69. The molecule has 1 heterocycles. The SMILES string of the molecule is CC(C)c1n(CCOC(=S)[S-])cc[n+]1C. The molecule has 0 aromatic carbocycles. The van der Waals surface area contributed by atoms with Crippen LogP contribution in [0.25, 0.3) is 0 Å². The van der Waals surface area contributed by atoms with Crippen LogP contribution in [0.1, 0.15) is 25.6 Å². The Bertz CT molecular complexity index is 347. The molecule has 84 valence electrons. The predicted molar refractivity (Wildman–Crippen MR) is 65.6 cm³/mol. The summed E-state index contributed by atoms with van der Waals surface area (Å²) in [4.78, 5) is 0. The molecule has 0 bridgehead atoms. The molecule has 0 aliphatic rings. The van der Waals surface area contributed by atoms with E-state index in [0.717, 1.165) is 6.54 Å². The van der Waals surface area contributed by atoms with Crippen LogP contribution in [-0.4, -0.2) is 15.6 Å². The van der Waals surface area contributed by atoms with Crippen molar-refractivity contribution in [2.45, 2.75) is 26.3 Å². The number of hydrogen-bond acceptors (Lipinski definition) is 3. The molecule has 1 aromatic heterocycles. The smallest absolute Gasteiger partial charge is 0.258 e. The summed E-state index contributed by atoms with van der Waals surface area (Å²) in [5, 5.41) is 0. The standard InChI is InChI=1S/C10H16N2OS2/c1-8(2)9-11(3)4-5-12(9)6-7-13-10(14)15/h4-5,8H,6-7H2,1-3H3. The van der Waals surface area contributed by atoms with E-state index in [-0.39, 0.29) is 4.38 Å². The minimum absolute atomic E-state index is 0.192. The van der Waals surface area contributed by atoms with Gasteiger partial charge in [-0.15, -0.1) is 0 Å². The van der Waals surface area contributed by atoms with E-state index in [1.165, 1.54) is 5.82 Å². The number of hydrogen-bond donors (Lipinski definition) is 0. The van der Waals surface area contributed by atoms with E-state index >= 15 is 0 Å². The van der Waals surface area contributed by atoms with Gasteiger partial charge in [0.1, 0.15) is 25.5 Å². The van der Waals surface area contributed by atoms with Gasteiger partial charge in [-0.3, -0.25) is 0 Å². The number of aryl methyl sites for hydroxylation is 1. The second-order valence-electron chi connectivity index (χ2n) is 3.71. The molecule has 0 atom stereocenters.